The number of hydrogen-bond acceptors (Lipinski definition) is 3. The summed E-state index contributed by atoms with van der Waals surface area (Å²) >= 11 is 0. The fraction of sp³-hybridized carbons (Fsp3) is 0.500. The van der Waals surface area contributed by atoms with Crippen molar-refractivity contribution in [2.75, 3.05) is 11.5 Å². The van der Waals surface area contributed by atoms with Gasteiger partial charge in [-0.15, -0.1) is 0 Å². The molecule has 0 unspecified atom stereocenters. The molecule has 1 fully saturated rings. The number of carbonyl (C=O) groups excluding carboxylic acids is 1. The monoisotopic (exact) mass is 281 g/mol. The number of amides is 1. The highest BCUT2D eigenvalue weighted by Gasteiger charge is 2.23. The third kappa shape index (κ3) is 4.67. The lowest BCUT2D eigenvalue weighted by Gasteiger charge is -2.04. The average molecular weight is 281 g/mol. The summed E-state index contributed by atoms with van der Waals surface area (Å²) < 4.78 is 23.7. The van der Waals surface area contributed by atoms with Crippen LogP contribution in [0.5, 0.6) is 0 Å². The zero-order valence-electron chi connectivity index (χ0n) is 10.8. The van der Waals surface area contributed by atoms with Crippen molar-refractivity contribution in [3.05, 3.63) is 35.4 Å². The molecule has 0 aliphatic heterocycles. The summed E-state index contributed by atoms with van der Waals surface area (Å²) in [6.07, 6.45) is 3.67. The van der Waals surface area contributed by atoms with E-state index in [9.17, 15) is 13.2 Å². The van der Waals surface area contributed by atoms with E-state index >= 15 is 0 Å². The average Bonchev–Trinajstić information content (AvgIpc) is 3.19. The minimum Gasteiger partial charge on any atom is -0.366 e. The number of primary amides is 1. The molecule has 0 heterocycles. The molecule has 0 bridgehead atoms. The van der Waals surface area contributed by atoms with E-state index in [4.69, 9.17) is 5.73 Å². The first-order valence-corrected chi connectivity index (χ1v) is 8.37. The highest BCUT2D eigenvalue weighted by Crippen LogP contribution is 2.32. The van der Waals surface area contributed by atoms with Crippen molar-refractivity contribution in [3.8, 4) is 0 Å². The Labute approximate surface area is 113 Å². The zero-order chi connectivity index (χ0) is 13.9. The maximum atomic E-state index is 11.8. The minimum absolute atomic E-state index is 0.176. The molecule has 0 atom stereocenters. The molecule has 0 spiro atoms. The second-order valence-corrected chi connectivity index (χ2v) is 7.50. The molecule has 0 aromatic heterocycles. The Morgan fingerprint density at radius 3 is 2.32 bits per heavy atom. The van der Waals surface area contributed by atoms with Gasteiger partial charge in [-0.1, -0.05) is 25.0 Å². The number of rotatable bonds is 7. The molecule has 2 N–H and O–H groups in total. The van der Waals surface area contributed by atoms with Gasteiger partial charge < -0.3 is 5.73 Å². The molecule has 0 saturated heterocycles. The molecule has 1 aromatic rings. The van der Waals surface area contributed by atoms with Gasteiger partial charge in [0.15, 0.2) is 9.84 Å². The lowest BCUT2D eigenvalue weighted by atomic mass is 10.1. The largest absolute Gasteiger partial charge is 0.366 e. The fourth-order valence-corrected chi connectivity index (χ4v) is 3.41. The normalized spacial score (nSPS) is 15.4. The van der Waals surface area contributed by atoms with Gasteiger partial charge in [0, 0.05) is 5.56 Å². The van der Waals surface area contributed by atoms with Crippen LogP contribution in [0.2, 0.25) is 0 Å². The van der Waals surface area contributed by atoms with E-state index in [2.05, 4.69) is 0 Å². The summed E-state index contributed by atoms with van der Waals surface area (Å²) in [6, 6.07) is 6.79. The molecule has 104 valence electrons. The van der Waals surface area contributed by atoms with Crippen LogP contribution in [-0.2, 0) is 16.3 Å². The predicted octanol–water partition coefficient (Wildman–Crippen LogP) is 1.54. The van der Waals surface area contributed by atoms with Gasteiger partial charge in [0.2, 0.25) is 5.91 Å². The molecule has 1 aliphatic carbocycles. The van der Waals surface area contributed by atoms with Crippen LogP contribution in [0.4, 0.5) is 0 Å². The van der Waals surface area contributed by atoms with E-state index in [1.165, 1.54) is 12.8 Å². The summed E-state index contributed by atoms with van der Waals surface area (Å²) in [5.74, 6) is 0.653. The van der Waals surface area contributed by atoms with Crippen molar-refractivity contribution in [1.82, 2.24) is 0 Å². The number of benzene rings is 1. The van der Waals surface area contributed by atoms with Crippen LogP contribution in [-0.4, -0.2) is 25.8 Å². The summed E-state index contributed by atoms with van der Waals surface area (Å²) in [4.78, 5) is 10.9. The van der Waals surface area contributed by atoms with Gasteiger partial charge in [0.25, 0.3) is 0 Å². The quantitative estimate of drug-likeness (QED) is 0.823. The zero-order valence-corrected chi connectivity index (χ0v) is 11.7. The molecule has 2 rings (SSSR count). The molecule has 1 aliphatic rings. The highest BCUT2D eigenvalue weighted by atomic mass is 32.2. The van der Waals surface area contributed by atoms with E-state index < -0.39 is 15.7 Å². The van der Waals surface area contributed by atoms with E-state index in [1.54, 1.807) is 24.3 Å². The van der Waals surface area contributed by atoms with Crippen LogP contribution in [0.3, 0.4) is 0 Å². The van der Waals surface area contributed by atoms with E-state index in [0.717, 1.165) is 12.0 Å². The molecule has 19 heavy (non-hydrogen) atoms. The van der Waals surface area contributed by atoms with Crippen molar-refractivity contribution in [3.63, 3.8) is 0 Å². The number of nitrogens with two attached hydrogens (primary N) is 1. The van der Waals surface area contributed by atoms with Gasteiger partial charge >= 0.3 is 0 Å². The Hall–Kier alpha value is -1.36. The van der Waals surface area contributed by atoms with Gasteiger partial charge in [-0.25, -0.2) is 8.42 Å². The highest BCUT2D eigenvalue weighted by molar-refractivity contribution is 7.91. The second-order valence-electron chi connectivity index (χ2n) is 5.20. The van der Waals surface area contributed by atoms with Crippen LogP contribution in [0.15, 0.2) is 24.3 Å². The van der Waals surface area contributed by atoms with Crippen molar-refractivity contribution in [2.45, 2.75) is 25.7 Å². The maximum Gasteiger partial charge on any atom is 0.248 e. The first-order chi connectivity index (χ1) is 8.96. The lowest BCUT2D eigenvalue weighted by molar-refractivity contribution is 0.100. The molecular formula is C14H19NO3S. The molecule has 1 saturated carbocycles. The van der Waals surface area contributed by atoms with Crippen molar-refractivity contribution < 1.29 is 13.2 Å². The molecule has 1 aromatic carbocycles. The van der Waals surface area contributed by atoms with Gasteiger partial charge in [-0.3, -0.25) is 4.79 Å². The topological polar surface area (TPSA) is 77.2 Å². The van der Waals surface area contributed by atoms with Crippen LogP contribution in [0.1, 0.15) is 35.2 Å². The molecular weight excluding hydrogens is 262 g/mol. The predicted molar refractivity (Wildman–Crippen MR) is 74.7 cm³/mol. The van der Waals surface area contributed by atoms with Crippen LogP contribution >= 0.6 is 0 Å². The summed E-state index contributed by atoms with van der Waals surface area (Å²) in [6.45, 7) is 0. The van der Waals surface area contributed by atoms with Gasteiger partial charge in [0.1, 0.15) is 0 Å². The Kier molecular flexibility index (Phi) is 4.24. The first-order valence-electron chi connectivity index (χ1n) is 6.55. The van der Waals surface area contributed by atoms with Crippen molar-refractivity contribution in [1.29, 1.82) is 0 Å². The van der Waals surface area contributed by atoms with Gasteiger partial charge in [0.05, 0.1) is 11.5 Å². The van der Waals surface area contributed by atoms with E-state index in [0.29, 0.717) is 23.7 Å². The second kappa shape index (κ2) is 5.74. The third-order valence-electron chi connectivity index (χ3n) is 3.47. The Morgan fingerprint density at radius 2 is 1.79 bits per heavy atom. The third-order valence-corrected chi connectivity index (χ3v) is 5.16. The van der Waals surface area contributed by atoms with Gasteiger partial charge in [-0.05, 0) is 36.5 Å². The summed E-state index contributed by atoms with van der Waals surface area (Å²) in [7, 11) is -2.95. The molecule has 1 amide bonds. The van der Waals surface area contributed by atoms with Gasteiger partial charge in [-0.2, -0.15) is 0 Å². The minimum atomic E-state index is -2.95. The maximum absolute atomic E-state index is 11.8. The molecule has 5 heteroatoms. The number of hydrogen-bond donors (Lipinski definition) is 1. The first kappa shape index (κ1) is 14.1. The molecule has 0 radical (unpaired) electrons. The number of aryl methyl sites for hydroxylation is 1. The summed E-state index contributed by atoms with van der Waals surface area (Å²) in [5, 5.41) is 0. The lowest BCUT2D eigenvalue weighted by Crippen LogP contribution is -2.14. The van der Waals surface area contributed by atoms with Crippen molar-refractivity contribution >= 4 is 15.7 Å². The fourth-order valence-electron chi connectivity index (χ4n) is 1.96. The SMILES string of the molecule is NC(=O)c1ccc(CCS(=O)(=O)CCC2CC2)cc1. The molecule has 4 nitrogen and oxygen atoms in total. The standard InChI is InChI=1S/C14H19NO3S/c15-14(16)13-5-3-12(4-6-13)8-10-19(17,18)9-7-11-1-2-11/h3-6,11H,1-2,7-10H2,(H2,15,16). The van der Waals surface area contributed by atoms with E-state index in [-0.39, 0.29) is 5.75 Å². The van der Waals surface area contributed by atoms with Crippen LogP contribution < -0.4 is 5.73 Å². The van der Waals surface area contributed by atoms with Crippen molar-refractivity contribution in [2.24, 2.45) is 11.7 Å². The van der Waals surface area contributed by atoms with Crippen LogP contribution in [0.25, 0.3) is 0 Å². The number of sulfone groups is 1. The smallest absolute Gasteiger partial charge is 0.248 e. The van der Waals surface area contributed by atoms with E-state index in [1.807, 2.05) is 0 Å². The van der Waals surface area contributed by atoms with Crippen LogP contribution in [0, 0.1) is 5.92 Å². The Balaban J connectivity index is 1.84. The number of carbonyl (C=O) groups is 1. The Bertz CT molecular complexity index is 545. The summed E-state index contributed by atoms with van der Waals surface area (Å²) in [5.41, 5.74) is 6.51. The Morgan fingerprint density at radius 1 is 1.16 bits per heavy atom.